The summed E-state index contributed by atoms with van der Waals surface area (Å²) in [5, 5.41) is 16.5. The van der Waals surface area contributed by atoms with E-state index in [1.54, 1.807) is 0 Å². The van der Waals surface area contributed by atoms with E-state index in [4.69, 9.17) is 16.3 Å². The minimum Gasteiger partial charge on any atom is -0.484 e. The highest BCUT2D eigenvalue weighted by Crippen LogP contribution is 2.47. The van der Waals surface area contributed by atoms with Crippen molar-refractivity contribution in [3.05, 3.63) is 52.8 Å². The number of halogens is 4. The molecule has 34 heavy (non-hydrogen) atoms. The molecule has 3 aliphatic rings. The van der Waals surface area contributed by atoms with Crippen molar-refractivity contribution in [3.63, 3.8) is 0 Å². The van der Waals surface area contributed by atoms with E-state index in [-0.39, 0.29) is 29.5 Å². The molecular weight excluding hydrogens is 477 g/mol. The monoisotopic (exact) mass is 498 g/mol. The summed E-state index contributed by atoms with van der Waals surface area (Å²) in [6.45, 7) is -0.370. The molecule has 3 saturated carbocycles. The van der Waals surface area contributed by atoms with Crippen molar-refractivity contribution in [2.24, 2.45) is 0 Å². The van der Waals surface area contributed by atoms with Gasteiger partial charge in [0.05, 0.1) is 29.1 Å². The number of hydrogen-bond acceptors (Lipinski definition) is 6. The lowest BCUT2D eigenvalue weighted by Gasteiger charge is -2.56. The Morgan fingerprint density at radius 2 is 1.91 bits per heavy atom. The summed E-state index contributed by atoms with van der Waals surface area (Å²) in [5.74, 6) is -1.55. The van der Waals surface area contributed by atoms with Crippen LogP contribution in [0.2, 0.25) is 5.02 Å². The van der Waals surface area contributed by atoms with Gasteiger partial charge in [0, 0.05) is 11.6 Å². The number of aliphatic hydroxyl groups excluding tert-OH is 1. The minimum absolute atomic E-state index is 0.0592. The maximum Gasteiger partial charge on any atom is 0.281 e. The van der Waals surface area contributed by atoms with Crippen LogP contribution in [0.3, 0.4) is 0 Å². The maximum atomic E-state index is 13.5. The molecular formula is C22H22ClF3N4O4. The first-order valence-corrected chi connectivity index (χ1v) is 11.0. The Kier molecular flexibility index (Phi) is 6.68. The van der Waals surface area contributed by atoms with Crippen LogP contribution in [0.15, 0.2) is 30.6 Å². The van der Waals surface area contributed by atoms with E-state index >= 15 is 0 Å². The number of carbonyl (C=O) groups excluding carboxylic acids is 2. The highest BCUT2D eigenvalue weighted by Gasteiger charge is 2.55. The third-order valence-electron chi connectivity index (χ3n) is 6.48. The second-order valence-corrected chi connectivity index (χ2v) is 9.06. The first-order valence-electron chi connectivity index (χ1n) is 10.6. The number of aromatic nitrogens is 2. The Bertz CT molecular complexity index is 1080. The lowest BCUT2D eigenvalue weighted by Crippen LogP contribution is -2.70. The van der Waals surface area contributed by atoms with E-state index in [1.165, 1.54) is 12.1 Å². The van der Waals surface area contributed by atoms with Crippen LogP contribution in [0.1, 0.15) is 54.7 Å². The second-order valence-electron chi connectivity index (χ2n) is 8.65. The van der Waals surface area contributed by atoms with Crippen LogP contribution in [0.5, 0.6) is 5.75 Å². The van der Waals surface area contributed by atoms with Crippen LogP contribution in [0.4, 0.5) is 13.2 Å². The summed E-state index contributed by atoms with van der Waals surface area (Å²) >= 11 is 5.63. The van der Waals surface area contributed by atoms with Crippen molar-refractivity contribution < 1.29 is 32.6 Å². The fourth-order valence-electron chi connectivity index (χ4n) is 4.56. The van der Waals surface area contributed by atoms with Crippen LogP contribution in [0, 0.1) is 5.82 Å². The van der Waals surface area contributed by atoms with E-state index < -0.39 is 46.9 Å². The highest BCUT2D eigenvalue weighted by atomic mass is 35.5. The van der Waals surface area contributed by atoms with Gasteiger partial charge in [-0.05, 0) is 44.2 Å². The molecule has 8 nitrogen and oxygen atoms in total. The molecule has 2 aromatic rings. The number of rotatable bonds is 7. The van der Waals surface area contributed by atoms with Crippen LogP contribution in [0.25, 0.3) is 0 Å². The highest BCUT2D eigenvalue weighted by molar-refractivity contribution is 6.30. The lowest BCUT2D eigenvalue weighted by atomic mass is 9.60. The molecule has 0 radical (unpaired) electrons. The van der Waals surface area contributed by atoms with Crippen molar-refractivity contribution in [3.8, 4) is 5.75 Å². The van der Waals surface area contributed by atoms with Gasteiger partial charge in [-0.3, -0.25) is 14.6 Å². The normalized spacial score (nSPS) is 25.8. The number of nitrogens with one attached hydrogen (secondary N) is 2. The van der Waals surface area contributed by atoms with Crippen molar-refractivity contribution in [2.75, 3.05) is 6.61 Å². The number of amides is 2. The molecule has 0 aliphatic heterocycles. The van der Waals surface area contributed by atoms with E-state index in [0.29, 0.717) is 25.7 Å². The molecule has 3 N–H and O–H groups in total. The van der Waals surface area contributed by atoms with Crippen molar-refractivity contribution >= 4 is 23.4 Å². The Morgan fingerprint density at radius 3 is 2.50 bits per heavy atom. The summed E-state index contributed by atoms with van der Waals surface area (Å²) in [4.78, 5) is 32.4. The summed E-state index contributed by atoms with van der Waals surface area (Å²) in [7, 11) is 0. The van der Waals surface area contributed by atoms with Crippen LogP contribution >= 0.6 is 11.6 Å². The van der Waals surface area contributed by atoms with Gasteiger partial charge in [-0.1, -0.05) is 11.6 Å². The number of nitrogens with zero attached hydrogens (tertiary/aromatic N) is 2. The number of hydrogen-bond donors (Lipinski definition) is 3. The molecule has 0 saturated heterocycles. The van der Waals surface area contributed by atoms with Gasteiger partial charge in [-0.25, -0.2) is 18.2 Å². The average Bonchev–Trinajstić information content (AvgIpc) is 2.81. The van der Waals surface area contributed by atoms with E-state index in [2.05, 4.69) is 20.6 Å². The third-order valence-corrected chi connectivity index (χ3v) is 6.78. The number of aliphatic hydroxyl groups is 1. The van der Waals surface area contributed by atoms with Gasteiger partial charge < -0.3 is 20.5 Å². The molecule has 5 rings (SSSR count). The fourth-order valence-corrected chi connectivity index (χ4v) is 4.68. The Balaban J connectivity index is 1.34. The molecule has 0 spiro atoms. The summed E-state index contributed by atoms with van der Waals surface area (Å²) in [6, 6.07) is 3.84. The molecule has 1 aromatic heterocycles. The van der Waals surface area contributed by atoms with Crippen molar-refractivity contribution in [2.45, 2.75) is 55.7 Å². The third kappa shape index (κ3) is 4.95. The predicted octanol–water partition coefficient (Wildman–Crippen LogP) is 2.95. The van der Waals surface area contributed by atoms with E-state index in [1.807, 2.05) is 0 Å². The van der Waals surface area contributed by atoms with Crippen LogP contribution < -0.4 is 15.4 Å². The standard InChI is InChI=1S/C22H22ClF3N4O4/c23-13-2-1-12(7-14(13)24)34-11-18(32)29-22-5-3-21(4-6-22,8-17(22)31)30-20(33)16-10-27-15(9-28-16)19(25)26/h1-2,7,9-10,17,19,31H,3-6,8,11H2,(H,29,32)(H,30,33)/t17-,21?,22?/m0/s1. The maximum absolute atomic E-state index is 13.5. The predicted molar refractivity (Wildman–Crippen MR) is 114 cm³/mol. The van der Waals surface area contributed by atoms with Crippen molar-refractivity contribution in [1.82, 2.24) is 20.6 Å². The molecule has 2 bridgehead atoms. The smallest absolute Gasteiger partial charge is 0.281 e. The molecule has 1 heterocycles. The number of benzene rings is 1. The van der Waals surface area contributed by atoms with Gasteiger partial charge in [-0.2, -0.15) is 0 Å². The zero-order valence-corrected chi connectivity index (χ0v) is 18.6. The van der Waals surface area contributed by atoms with Crippen molar-refractivity contribution in [1.29, 1.82) is 0 Å². The van der Waals surface area contributed by atoms with E-state index in [9.17, 15) is 27.9 Å². The molecule has 1 atom stereocenters. The van der Waals surface area contributed by atoms with Gasteiger partial charge in [0.25, 0.3) is 18.2 Å². The van der Waals surface area contributed by atoms with Gasteiger partial charge in [0.1, 0.15) is 23.0 Å². The average molecular weight is 499 g/mol. The first-order chi connectivity index (χ1) is 16.1. The quantitative estimate of drug-likeness (QED) is 0.541. The summed E-state index contributed by atoms with van der Waals surface area (Å²) in [5.41, 5.74) is -2.19. The molecule has 12 heteroatoms. The second kappa shape index (κ2) is 9.38. The molecule has 3 fully saturated rings. The first kappa shape index (κ1) is 24.2. The largest absolute Gasteiger partial charge is 0.484 e. The van der Waals surface area contributed by atoms with Crippen LogP contribution in [-0.2, 0) is 4.79 Å². The molecule has 3 aliphatic carbocycles. The van der Waals surface area contributed by atoms with Crippen LogP contribution in [-0.4, -0.2) is 50.7 Å². The lowest BCUT2D eigenvalue weighted by molar-refractivity contribution is -0.132. The summed E-state index contributed by atoms with van der Waals surface area (Å²) < 4.78 is 44.1. The Labute approximate surface area is 197 Å². The Hall–Kier alpha value is -2.92. The van der Waals surface area contributed by atoms with E-state index in [0.717, 1.165) is 18.5 Å². The number of fused-ring (bicyclic) bond motifs is 3. The molecule has 1 aromatic carbocycles. The van der Waals surface area contributed by atoms with Gasteiger partial charge in [0.2, 0.25) is 0 Å². The topological polar surface area (TPSA) is 113 Å². The summed E-state index contributed by atoms with van der Waals surface area (Å²) in [6.07, 6.45) is 0.129. The zero-order chi connectivity index (χ0) is 24.5. The number of alkyl halides is 2. The van der Waals surface area contributed by atoms with Gasteiger partial charge in [-0.15, -0.1) is 0 Å². The van der Waals surface area contributed by atoms with Gasteiger partial charge in [0.15, 0.2) is 6.61 Å². The zero-order valence-electron chi connectivity index (χ0n) is 17.9. The fraction of sp³-hybridized carbons (Fsp3) is 0.455. The number of carbonyl (C=O) groups is 2. The number of ether oxygens (including phenoxy) is 1. The Morgan fingerprint density at radius 1 is 1.18 bits per heavy atom. The van der Waals surface area contributed by atoms with Gasteiger partial charge >= 0.3 is 0 Å². The molecule has 182 valence electrons. The molecule has 2 amide bonds. The minimum atomic E-state index is -2.78. The molecule has 0 unspecified atom stereocenters. The SMILES string of the molecule is O=C(COc1ccc(Cl)c(F)c1)NC12CCC(NC(=O)c3cnc(C(F)F)cn3)(CC1)C[C@@H]2O.